The molecule has 2 aliphatic rings. The quantitative estimate of drug-likeness (QED) is 0.415. The van der Waals surface area contributed by atoms with E-state index in [2.05, 4.69) is 58.5 Å². The second-order valence-corrected chi connectivity index (χ2v) is 7.67. The SMILES string of the molecule is CCNC(=NCCCN1CCCC1=O)N1CCN(C/C=C/c2ccccc2)CC1. The number of benzene rings is 1. The van der Waals surface area contributed by atoms with E-state index in [1.165, 1.54) is 5.56 Å². The van der Waals surface area contributed by atoms with E-state index in [1.807, 2.05) is 11.0 Å². The number of nitrogens with one attached hydrogen (secondary N) is 1. The maximum absolute atomic E-state index is 11.7. The molecule has 0 atom stereocenters. The minimum Gasteiger partial charge on any atom is -0.357 e. The number of hydrogen-bond acceptors (Lipinski definition) is 3. The second kappa shape index (κ2) is 11.6. The van der Waals surface area contributed by atoms with Gasteiger partial charge in [0.05, 0.1) is 0 Å². The summed E-state index contributed by atoms with van der Waals surface area (Å²) in [6.07, 6.45) is 7.12. The molecule has 2 heterocycles. The number of aliphatic imine (C=N–C) groups is 1. The lowest BCUT2D eigenvalue weighted by atomic mass is 10.2. The fraction of sp³-hybridized carbons (Fsp3) is 0.565. The third kappa shape index (κ3) is 6.89. The van der Waals surface area contributed by atoms with Gasteiger partial charge in [-0.3, -0.25) is 14.7 Å². The Morgan fingerprint density at radius 2 is 1.93 bits per heavy atom. The number of likely N-dealkylation sites (tertiary alicyclic amines) is 1. The topological polar surface area (TPSA) is 51.2 Å². The van der Waals surface area contributed by atoms with Crippen molar-refractivity contribution in [3.05, 3.63) is 42.0 Å². The highest BCUT2D eigenvalue weighted by atomic mass is 16.2. The predicted molar refractivity (Wildman–Crippen MR) is 120 cm³/mol. The van der Waals surface area contributed by atoms with Gasteiger partial charge in [-0.25, -0.2) is 0 Å². The molecule has 3 rings (SSSR count). The lowest BCUT2D eigenvalue weighted by Gasteiger charge is -2.36. The van der Waals surface area contributed by atoms with Gasteiger partial charge in [-0.2, -0.15) is 0 Å². The van der Waals surface area contributed by atoms with Crippen molar-refractivity contribution in [3.63, 3.8) is 0 Å². The fourth-order valence-electron chi connectivity index (χ4n) is 3.86. The van der Waals surface area contributed by atoms with Crippen LogP contribution in [-0.4, -0.2) is 85.5 Å². The lowest BCUT2D eigenvalue weighted by Crippen LogP contribution is -2.52. The highest BCUT2D eigenvalue weighted by molar-refractivity contribution is 5.80. The van der Waals surface area contributed by atoms with Gasteiger partial charge in [-0.1, -0.05) is 42.5 Å². The Morgan fingerprint density at radius 3 is 2.62 bits per heavy atom. The molecule has 2 aliphatic heterocycles. The van der Waals surface area contributed by atoms with E-state index in [4.69, 9.17) is 4.99 Å². The van der Waals surface area contributed by atoms with Crippen LogP contribution in [0.3, 0.4) is 0 Å². The molecule has 0 aliphatic carbocycles. The number of nitrogens with zero attached hydrogens (tertiary/aromatic N) is 4. The summed E-state index contributed by atoms with van der Waals surface area (Å²) >= 11 is 0. The van der Waals surface area contributed by atoms with E-state index in [9.17, 15) is 4.79 Å². The summed E-state index contributed by atoms with van der Waals surface area (Å²) in [5.41, 5.74) is 1.25. The summed E-state index contributed by atoms with van der Waals surface area (Å²) in [5.74, 6) is 1.32. The van der Waals surface area contributed by atoms with Crippen LogP contribution in [0.2, 0.25) is 0 Å². The third-order valence-corrected chi connectivity index (χ3v) is 5.50. The molecule has 0 unspecified atom stereocenters. The van der Waals surface area contributed by atoms with E-state index >= 15 is 0 Å². The van der Waals surface area contributed by atoms with Crippen molar-refractivity contribution in [2.24, 2.45) is 4.99 Å². The van der Waals surface area contributed by atoms with Gasteiger partial charge in [0.1, 0.15) is 0 Å². The molecule has 1 amide bonds. The van der Waals surface area contributed by atoms with Gasteiger partial charge < -0.3 is 15.1 Å². The zero-order valence-corrected chi connectivity index (χ0v) is 17.7. The molecule has 158 valence electrons. The van der Waals surface area contributed by atoms with Gasteiger partial charge in [0, 0.05) is 65.3 Å². The van der Waals surface area contributed by atoms with Crippen molar-refractivity contribution >= 4 is 17.9 Å². The monoisotopic (exact) mass is 397 g/mol. The van der Waals surface area contributed by atoms with E-state index in [0.717, 1.165) is 84.1 Å². The number of hydrogen-bond donors (Lipinski definition) is 1. The smallest absolute Gasteiger partial charge is 0.222 e. The average molecular weight is 398 g/mol. The maximum atomic E-state index is 11.7. The van der Waals surface area contributed by atoms with Gasteiger partial charge in [0.15, 0.2) is 5.96 Å². The number of guanidine groups is 1. The van der Waals surface area contributed by atoms with Gasteiger partial charge in [-0.15, -0.1) is 0 Å². The van der Waals surface area contributed by atoms with Gasteiger partial charge in [0.2, 0.25) is 5.91 Å². The Morgan fingerprint density at radius 1 is 1.14 bits per heavy atom. The molecule has 29 heavy (non-hydrogen) atoms. The standard InChI is InChI=1S/C23H35N5O/c1-2-24-23(25-13-8-16-27-15-7-12-22(27)29)28-19-17-26(18-20-28)14-6-11-21-9-4-3-5-10-21/h3-6,9-11H,2,7-8,12-20H2,1H3,(H,24,25)/b11-6+. The van der Waals surface area contributed by atoms with E-state index < -0.39 is 0 Å². The van der Waals surface area contributed by atoms with Crippen LogP contribution in [0.1, 0.15) is 31.7 Å². The predicted octanol–water partition coefficient (Wildman–Crippen LogP) is 2.30. The Kier molecular flexibility index (Phi) is 8.56. The zero-order chi connectivity index (χ0) is 20.3. The largest absolute Gasteiger partial charge is 0.357 e. The van der Waals surface area contributed by atoms with Gasteiger partial charge in [-0.05, 0) is 25.3 Å². The third-order valence-electron chi connectivity index (χ3n) is 5.50. The Hall–Kier alpha value is -2.34. The lowest BCUT2D eigenvalue weighted by molar-refractivity contribution is -0.127. The van der Waals surface area contributed by atoms with Gasteiger partial charge in [0.25, 0.3) is 0 Å². The summed E-state index contributed by atoms with van der Waals surface area (Å²) in [6, 6.07) is 10.5. The first kappa shape index (κ1) is 21.4. The number of piperazine rings is 1. The molecule has 2 fully saturated rings. The highest BCUT2D eigenvalue weighted by Gasteiger charge is 2.20. The van der Waals surface area contributed by atoms with E-state index in [1.54, 1.807) is 0 Å². The summed E-state index contributed by atoms with van der Waals surface area (Å²) in [4.78, 5) is 23.3. The first-order valence-corrected chi connectivity index (χ1v) is 11.0. The molecule has 0 bridgehead atoms. The first-order chi connectivity index (χ1) is 14.3. The molecule has 2 saturated heterocycles. The fourth-order valence-corrected chi connectivity index (χ4v) is 3.86. The normalized spacial score (nSPS) is 18.8. The number of carbonyl (C=O) groups is 1. The summed E-state index contributed by atoms with van der Waals surface area (Å²) in [7, 11) is 0. The van der Waals surface area contributed by atoms with Crippen LogP contribution in [0.25, 0.3) is 6.08 Å². The summed E-state index contributed by atoms with van der Waals surface area (Å²) in [6.45, 7) is 10.6. The van der Waals surface area contributed by atoms with Crippen LogP contribution in [0.15, 0.2) is 41.4 Å². The first-order valence-electron chi connectivity index (χ1n) is 11.0. The minimum atomic E-state index is 0.304. The van der Waals surface area contributed by atoms with Crippen molar-refractivity contribution in [1.82, 2.24) is 20.0 Å². The summed E-state index contributed by atoms with van der Waals surface area (Å²) < 4.78 is 0. The molecule has 0 saturated carbocycles. The molecular weight excluding hydrogens is 362 g/mol. The van der Waals surface area contributed by atoms with Gasteiger partial charge >= 0.3 is 0 Å². The Bertz CT molecular complexity index is 680. The minimum absolute atomic E-state index is 0.304. The second-order valence-electron chi connectivity index (χ2n) is 7.67. The van der Waals surface area contributed by atoms with E-state index in [0.29, 0.717) is 5.91 Å². The molecule has 0 spiro atoms. The van der Waals surface area contributed by atoms with Crippen LogP contribution >= 0.6 is 0 Å². The van der Waals surface area contributed by atoms with Crippen LogP contribution in [-0.2, 0) is 4.79 Å². The molecule has 6 nitrogen and oxygen atoms in total. The number of amides is 1. The summed E-state index contributed by atoms with van der Waals surface area (Å²) in [5, 5.41) is 3.43. The molecular formula is C23H35N5O. The van der Waals surface area contributed by atoms with Crippen LogP contribution in [0.5, 0.6) is 0 Å². The van der Waals surface area contributed by atoms with Crippen LogP contribution in [0, 0.1) is 0 Å². The van der Waals surface area contributed by atoms with Crippen LogP contribution in [0.4, 0.5) is 0 Å². The molecule has 6 heteroatoms. The molecule has 0 aromatic heterocycles. The van der Waals surface area contributed by atoms with Crippen molar-refractivity contribution in [1.29, 1.82) is 0 Å². The maximum Gasteiger partial charge on any atom is 0.222 e. The van der Waals surface area contributed by atoms with Crippen LogP contribution < -0.4 is 5.32 Å². The van der Waals surface area contributed by atoms with Crippen molar-refractivity contribution in [2.45, 2.75) is 26.2 Å². The average Bonchev–Trinajstić information content (AvgIpc) is 3.16. The van der Waals surface area contributed by atoms with Crippen molar-refractivity contribution in [3.8, 4) is 0 Å². The molecule has 1 aromatic carbocycles. The van der Waals surface area contributed by atoms with Crippen molar-refractivity contribution < 1.29 is 4.79 Å². The Labute approximate surface area is 175 Å². The molecule has 1 aromatic rings. The molecule has 1 N–H and O–H groups in total. The Balaban J connectivity index is 1.40. The highest BCUT2D eigenvalue weighted by Crippen LogP contribution is 2.10. The number of carbonyl (C=O) groups excluding carboxylic acids is 1. The number of rotatable bonds is 8. The van der Waals surface area contributed by atoms with E-state index in [-0.39, 0.29) is 0 Å². The molecule has 0 radical (unpaired) electrons. The van der Waals surface area contributed by atoms with Crippen molar-refractivity contribution in [2.75, 3.05) is 58.9 Å². The zero-order valence-electron chi connectivity index (χ0n) is 17.7.